The highest BCUT2D eigenvalue weighted by Crippen LogP contribution is 2.20. The van der Waals surface area contributed by atoms with E-state index in [1.807, 2.05) is 6.92 Å². The molecule has 3 N–H and O–H groups in total. The molecule has 180 valence electrons. The average molecular weight is 495 g/mol. The SMILES string of the molecule is CCOc1ccc(NC(=O)COc2cccc(/C=N\NC(=O)C(=O)Nc3ccccc3Cl)c2)cc1. The zero-order valence-corrected chi connectivity index (χ0v) is 19.5. The van der Waals surface area contributed by atoms with Crippen LogP contribution in [-0.2, 0) is 14.4 Å². The summed E-state index contributed by atoms with van der Waals surface area (Å²) in [6, 6.07) is 20.3. The number of anilines is 2. The van der Waals surface area contributed by atoms with Crippen molar-refractivity contribution in [1.29, 1.82) is 0 Å². The van der Waals surface area contributed by atoms with Crippen LogP contribution in [0.3, 0.4) is 0 Å². The van der Waals surface area contributed by atoms with E-state index in [1.165, 1.54) is 6.21 Å². The molecule has 0 heterocycles. The number of hydrogen-bond acceptors (Lipinski definition) is 6. The van der Waals surface area contributed by atoms with Crippen molar-refractivity contribution in [1.82, 2.24) is 5.43 Å². The molecule has 3 aromatic rings. The zero-order valence-electron chi connectivity index (χ0n) is 18.8. The molecule has 0 aliphatic heterocycles. The van der Waals surface area contributed by atoms with Gasteiger partial charge in [-0.25, -0.2) is 5.43 Å². The molecule has 0 aliphatic carbocycles. The van der Waals surface area contributed by atoms with Crippen LogP contribution in [0.25, 0.3) is 0 Å². The number of amides is 3. The first-order valence-corrected chi connectivity index (χ1v) is 11.0. The van der Waals surface area contributed by atoms with Gasteiger partial charge in [-0.2, -0.15) is 5.10 Å². The molecule has 3 rings (SSSR count). The van der Waals surface area contributed by atoms with Crippen LogP contribution in [0.5, 0.6) is 11.5 Å². The fraction of sp³-hybridized carbons (Fsp3) is 0.120. The number of carbonyl (C=O) groups is 3. The van der Waals surface area contributed by atoms with Gasteiger partial charge in [0, 0.05) is 5.69 Å². The topological polar surface area (TPSA) is 118 Å². The van der Waals surface area contributed by atoms with E-state index in [-0.39, 0.29) is 12.5 Å². The molecule has 10 heteroatoms. The fourth-order valence-electron chi connectivity index (χ4n) is 2.79. The van der Waals surface area contributed by atoms with E-state index in [4.69, 9.17) is 21.1 Å². The molecule has 0 spiro atoms. The van der Waals surface area contributed by atoms with Crippen LogP contribution in [-0.4, -0.2) is 37.1 Å². The smallest absolute Gasteiger partial charge is 0.329 e. The summed E-state index contributed by atoms with van der Waals surface area (Å²) in [5, 5.41) is 9.22. The maximum absolute atomic E-state index is 12.2. The molecule has 0 aliphatic rings. The predicted molar refractivity (Wildman–Crippen MR) is 134 cm³/mol. The lowest BCUT2D eigenvalue weighted by molar-refractivity contribution is -0.136. The lowest BCUT2D eigenvalue weighted by atomic mass is 10.2. The quantitative estimate of drug-likeness (QED) is 0.237. The van der Waals surface area contributed by atoms with E-state index < -0.39 is 11.8 Å². The highest BCUT2D eigenvalue weighted by Gasteiger charge is 2.14. The number of halogens is 1. The Bertz CT molecular complexity index is 1210. The number of para-hydroxylation sites is 1. The molecule has 0 saturated heterocycles. The van der Waals surface area contributed by atoms with Crippen LogP contribution in [0, 0.1) is 0 Å². The monoisotopic (exact) mass is 494 g/mol. The molecule has 3 amide bonds. The standard InChI is InChI=1S/C25H23ClN4O5/c1-2-34-19-12-10-18(11-13-19)28-23(31)16-35-20-7-5-6-17(14-20)15-27-30-25(33)24(32)29-22-9-4-3-8-21(22)26/h3-15H,2,16H2,1H3,(H,28,31)(H,29,32)(H,30,33)/b27-15-. The van der Waals surface area contributed by atoms with Crippen LogP contribution < -0.4 is 25.5 Å². The van der Waals surface area contributed by atoms with Crippen molar-refractivity contribution >= 4 is 46.9 Å². The summed E-state index contributed by atoms with van der Waals surface area (Å²) >= 11 is 5.96. The maximum Gasteiger partial charge on any atom is 0.329 e. The Labute approximate surface area is 207 Å². The minimum atomic E-state index is -0.959. The first-order chi connectivity index (χ1) is 16.9. The van der Waals surface area contributed by atoms with Gasteiger partial charge in [0.05, 0.1) is 23.5 Å². The van der Waals surface area contributed by atoms with Crippen molar-refractivity contribution in [3.63, 3.8) is 0 Å². The first kappa shape index (κ1) is 25.3. The number of hydrogen-bond donors (Lipinski definition) is 3. The Morgan fingerprint density at radius 3 is 2.40 bits per heavy atom. The fourth-order valence-corrected chi connectivity index (χ4v) is 2.97. The van der Waals surface area contributed by atoms with Gasteiger partial charge >= 0.3 is 11.8 Å². The summed E-state index contributed by atoms with van der Waals surface area (Å²) in [5.41, 5.74) is 3.66. The van der Waals surface area contributed by atoms with Crippen LogP contribution in [0.2, 0.25) is 5.02 Å². The van der Waals surface area contributed by atoms with Crippen molar-refractivity contribution in [2.75, 3.05) is 23.8 Å². The van der Waals surface area contributed by atoms with E-state index in [0.717, 1.165) is 5.75 Å². The summed E-state index contributed by atoms with van der Waals surface area (Å²) in [6.45, 7) is 2.26. The molecule has 35 heavy (non-hydrogen) atoms. The lowest BCUT2D eigenvalue weighted by Gasteiger charge is -2.09. The molecule has 0 aromatic heterocycles. The van der Waals surface area contributed by atoms with Gasteiger partial charge in [0.1, 0.15) is 11.5 Å². The third-order valence-electron chi connectivity index (χ3n) is 4.39. The van der Waals surface area contributed by atoms with E-state index in [1.54, 1.807) is 72.8 Å². The highest BCUT2D eigenvalue weighted by molar-refractivity contribution is 6.41. The Hall–Kier alpha value is -4.37. The summed E-state index contributed by atoms with van der Waals surface area (Å²) in [5.74, 6) is -1.05. The second-order valence-corrected chi connectivity index (χ2v) is 7.41. The van der Waals surface area contributed by atoms with Crippen LogP contribution >= 0.6 is 11.6 Å². The predicted octanol–water partition coefficient (Wildman–Crippen LogP) is 3.85. The van der Waals surface area contributed by atoms with E-state index in [9.17, 15) is 14.4 Å². The number of carbonyl (C=O) groups excluding carboxylic acids is 3. The number of nitrogens with one attached hydrogen (secondary N) is 3. The van der Waals surface area contributed by atoms with Crippen molar-refractivity contribution in [3.05, 3.63) is 83.4 Å². The van der Waals surface area contributed by atoms with Crippen molar-refractivity contribution in [2.24, 2.45) is 5.10 Å². The van der Waals surface area contributed by atoms with Gasteiger partial charge in [-0.15, -0.1) is 0 Å². The lowest BCUT2D eigenvalue weighted by Crippen LogP contribution is -2.32. The molecule has 0 atom stereocenters. The molecular weight excluding hydrogens is 472 g/mol. The maximum atomic E-state index is 12.2. The largest absolute Gasteiger partial charge is 0.494 e. The Morgan fingerprint density at radius 1 is 0.886 bits per heavy atom. The molecule has 3 aromatic carbocycles. The average Bonchev–Trinajstić information content (AvgIpc) is 2.86. The van der Waals surface area contributed by atoms with Gasteiger partial charge in [-0.05, 0) is 61.0 Å². The van der Waals surface area contributed by atoms with Gasteiger partial charge in [-0.1, -0.05) is 35.9 Å². The van der Waals surface area contributed by atoms with Crippen molar-refractivity contribution < 1.29 is 23.9 Å². The van der Waals surface area contributed by atoms with E-state index >= 15 is 0 Å². The van der Waals surface area contributed by atoms with Gasteiger partial charge in [0.25, 0.3) is 5.91 Å². The molecule has 9 nitrogen and oxygen atoms in total. The number of ether oxygens (including phenoxy) is 2. The van der Waals surface area contributed by atoms with Crippen molar-refractivity contribution in [3.8, 4) is 11.5 Å². The molecule has 0 radical (unpaired) electrons. The summed E-state index contributed by atoms with van der Waals surface area (Å²) in [7, 11) is 0. The second kappa shape index (κ2) is 12.8. The van der Waals surface area contributed by atoms with Crippen LogP contribution in [0.4, 0.5) is 11.4 Å². The summed E-state index contributed by atoms with van der Waals surface area (Å²) in [4.78, 5) is 36.1. The number of rotatable bonds is 9. The van der Waals surface area contributed by atoms with E-state index in [0.29, 0.717) is 34.3 Å². The Kier molecular flexibility index (Phi) is 9.21. The molecule has 0 unspecified atom stereocenters. The third-order valence-corrected chi connectivity index (χ3v) is 4.71. The summed E-state index contributed by atoms with van der Waals surface area (Å²) < 4.78 is 10.9. The van der Waals surface area contributed by atoms with E-state index in [2.05, 4.69) is 21.2 Å². The number of nitrogens with zero attached hydrogens (tertiary/aromatic N) is 1. The second-order valence-electron chi connectivity index (χ2n) is 7.00. The first-order valence-electron chi connectivity index (χ1n) is 10.6. The van der Waals surface area contributed by atoms with Gasteiger partial charge in [-0.3, -0.25) is 14.4 Å². The minimum Gasteiger partial charge on any atom is -0.494 e. The normalized spacial score (nSPS) is 10.5. The van der Waals surface area contributed by atoms with Gasteiger partial charge in [0.15, 0.2) is 6.61 Å². The Balaban J connectivity index is 1.46. The van der Waals surface area contributed by atoms with Crippen molar-refractivity contribution in [2.45, 2.75) is 6.92 Å². The van der Waals surface area contributed by atoms with Gasteiger partial charge < -0.3 is 20.1 Å². The summed E-state index contributed by atoms with van der Waals surface area (Å²) in [6.07, 6.45) is 1.34. The highest BCUT2D eigenvalue weighted by atomic mass is 35.5. The molecular formula is C25H23ClN4O5. The zero-order chi connectivity index (χ0) is 25.0. The van der Waals surface area contributed by atoms with Gasteiger partial charge in [0.2, 0.25) is 0 Å². The number of benzene rings is 3. The Morgan fingerprint density at radius 2 is 1.66 bits per heavy atom. The van der Waals surface area contributed by atoms with Crippen LogP contribution in [0.1, 0.15) is 12.5 Å². The number of hydrazone groups is 1. The molecule has 0 bridgehead atoms. The third kappa shape index (κ3) is 8.17. The molecule has 0 saturated carbocycles. The minimum absolute atomic E-state index is 0.202. The van der Waals surface area contributed by atoms with Crippen LogP contribution in [0.15, 0.2) is 77.9 Å². The molecule has 0 fully saturated rings.